The van der Waals surface area contributed by atoms with Gasteiger partial charge in [0.2, 0.25) is 0 Å². The number of aromatic nitrogens is 2. The summed E-state index contributed by atoms with van der Waals surface area (Å²) < 4.78 is 6.10. The number of amides is 1. The van der Waals surface area contributed by atoms with E-state index in [-0.39, 0.29) is 31.0 Å². The van der Waals surface area contributed by atoms with Gasteiger partial charge >= 0.3 is 12.0 Å². The van der Waals surface area contributed by atoms with E-state index >= 15 is 0 Å². The largest absolute Gasteiger partial charge is 0.481 e. The van der Waals surface area contributed by atoms with Crippen molar-refractivity contribution in [2.45, 2.75) is 32.8 Å². The van der Waals surface area contributed by atoms with Crippen LogP contribution in [0.25, 0.3) is 11.1 Å². The third-order valence-corrected chi connectivity index (χ3v) is 5.12. The molecule has 0 saturated carbocycles. The molecular formula is C25H26ClN3O4. The lowest BCUT2D eigenvalue weighted by Gasteiger charge is -2.20. The van der Waals surface area contributed by atoms with Crippen LogP contribution >= 0.6 is 11.6 Å². The van der Waals surface area contributed by atoms with Crippen molar-refractivity contribution in [1.29, 1.82) is 0 Å². The molecule has 0 saturated heterocycles. The lowest BCUT2D eigenvalue weighted by molar-refractivity contribution is -0.136. The molecule has 3 rings (SSSR count). The van der Waals surface area contributed by atoms with E-state index < -0.39 is 5.97 Å². The Morgan fingerprint density at radius 3 is 2.36 bits per heavy atom. The molecule has 2 N–H and O–H groups in total. The van der Waals surface area contributed by atoms with Crippen LogP contribution in [0.5, 0.6) is 6.01 Å². The molecule has 3 aromatic rings. The predicted molar refractivity (Wildman–Crippen MR) is 126 cm³/mol. The number of halogens is 1. The Hall–Kier alpha value is -3.45. The van der Waals surface area contributed by atoms with Crippen molar-refractivity contribution in [3.05, 3.63) is 77.1 Å². The molecular weight excluding hydrogens is 442 g/mol. The minimum absolute atomic E-state index is 0.0809. The smallest absolute Gasteiger partial charge is 0.316 e. The topological polar surface area (TPSA) is 101 Å². The normalized spacial score (nSPS) is 11.8. The molecule has 2 aromatic carbocycles. The number of hydrogen-bond donors (Lipinski definition) is 2. The zero-order valence-electron chi connectivity index (χ0n) is 18.5. The van der Waals surface area contributed by atoms with Gasteiger partial charge in [0.15, 0.2) is 0 Å². The molecule has 1 unspecified atom stereocenters. The van der Waals surface area contributed by atoms with E-state index in [0.717, 1.165) is 23.1 Å². The van der Waals surface area contributed by atoms with Gasteiger partial charge in [0.25, 0.3) is 5.91 Å². The van der Waals surface area contributed by atoms with Crippen LogP contribution in [0.4, 0.5) is 0 Å². The van der Waals surface area contributed by atoms with Gasteiger partial charge in [-0.1, -0.05) is 49.7 Å². The highest BCUT2D eigenvalue weighted by molar-refractivity contribution is 6.30. The number of carbonyl (C=O) groups excluding carboxylic acids is 1. The van der Waals surface area contributed by atoms with E-state index in [1.807, 2.05) is 36.4 Å². The molecule has 0 aliphatic carbocycles. The van der Waals surface area contributed by atoms with Crippen molar-refractivity contribution >= 4 is 23.5 Å². The molecule has 33 heavy (non-hydrogen) atoms. The summed E-state index contributed by atoms with van der Waals surface area (Å²) in [6.45, 7) is 4.28. The molecule has 0 bridgehead atoms. The van der Waals surface area contributed by atoms with Crippen LogP contribution < -0.4 is 10.1 Å². The van der Waals surface area contributed by atoms with Crippen LogP contribution in [0.3, 0.4) is 0 Å². The first-order chi connectivity index (χ1) is 15.8. The zero-order valence-corrected chi connectivity index (χ0v) is 19.2. The summed E-state index contributed by atoms with van der Waals surface area (Å²) in [5.41, 5.74) is 3.11. The third-order valence-electron chi connectivity index (χ3n) is 4.89. The maximum absolute atomic E-state index is 12.2. The van der Waals surface area contributed by atoms with Crippen LogP contribution in [0.15, 0.2) is 60.9 Å². The van der Waals surface area contributed by atoms with Crippen molar-refractivity contribution in [2.75, 3.05) is 6.54 Å². The molecule has 1 amide bonds. The number of carboxylic acids is 1. The molecule has 0 radical (unpaired) electrons. The van der Waals surface area contributed by atoms with Crippen molar-refractivity contribution in [3.8, 4) is 17.1 Å². The first-order valence-electron chi connectivity index (χ1n) is 10.7. The molecule has 172 valence electrons. The number of nitrogens with zero attached hydrogens (tertiary/aromatic N) is 2. The zero-order chi connectivity index (χ0) is 23.8. The maximum atomic E-state index is 12.2. The van der Waals surface area contributed by atoms with E-state index in [2.05, 4.69) is 29.1 Å². The van der Waals surface area contributed by atoms with Gasteiger partial charge in [0.05, 0.1) is 6.42 Å². The highest BCUT2D eigenvalue weighted by atomic mass is 35.5. The van der Waals surface area contributed by atoms with E-state index in [1.54, 1.807) is 24.5 Å². The number of carbonyl (C=O) groups is 2. The average molecular weight is 468 g/mol. The van der Waals surface area contributed by atoms with E-state index in [1.165, 1.54) is 0 Å². The summed E-state index contributed by atoms with van der Waals surface area (Å²) >= 11 is 6.07. The molecule has 0 fully saturated rings. The Kier molecular flexibility index (Phi) is 8.38. The van der Waals surface area contributed by atoms with Gasteiger partial charge in [0, 0.05) is 35.1 Å². The number of nitrogens with one attached hydrogen (secondary N) is 1. The number of hydrogen-bond acceptors (Lipinski definition) is 5. The fraction of sp³-hybridized carbons (Fsp3) is 0.280. The molecule has 1 heterocycles. The second kappa shape index (κ2) is 11.4. The van der Waals surface area contributed by atoms with Crippen LogP contribution in [-0.4, -0.2) is 33.5 Å². The number of rotatable bonds is 10. The molecule has 1 atom stereocenters. The summed E-state index contributed by atoms with van der Waals surface area (Å²) in [7, 11) is 0. The standard InChI is InChI=1S/C25H26ClN3O4/c1-16(2)12-22(17-6-8-18(9-7-17)24(32)27-11-10-23(30)31)33-25-28-14-20(15-29-25)19-4-3-5-21(26)13-19/h3-9,13-16,22H,10-12H2,1-2H3,(H,27,32)(H,30,31). The molecule has 0 aliphatic rings. The lowest BCUT2D eigenvalue weighted by Crippen LogP contribution is -2.26. The van der Waals surface area contributed by atoms with Gasteiger partial charge in [-0.25, -0.2) is 9.97 Å². The fourth-order valence-electron chi connectivity index (χ4n) is 3.24. The van der Waals surface area contributed by atoms with Crippen molar-refractivity contribution in [1.82, 2.24) is 15.3 Å². The monoisotopic (exact) mass is 467 g/mol. The Bertz CT molecular complexity index is 1090. The molecule has 7 nitrogen and oxygen atoms in total. The molecule has 0 aliphatic heterocycles. The van der Waals surface area contributed by atoms with Crippen molar-refractivity contribution in [2.24, 2.45) is 5.92 Å². The number of ether oxygens (including phenoxy) is 1. The highest BCUT2D eigenvalue weighted by Gasteiger charge is 2.18. The molecule has 1 aromatic heterocycles. The minimum atomic E-state index is -0.956. The SMILES string of the molecule is CC(C)CC(Oc1ncc(-c2cccc(Cl)c2)cn1)c1ccc(C(=O)NCCC(=O)O)cc1. The maximum Gasteiger partial charge on any atom is 0.316 e. The van der Waals surface area contributed by atoms with Crippen molar-refractivity contribution < 1.29 is 19.4 Å². The second-order valence-corrected chi connectivity index (χ2v) is 8.46. The average Bonchev–Trinajstić information content (AvgIpc) is 2.78. The van der Waals surface area contributed by atoms with Gasteiger partial charge in [-0.2, -0.15) is 0 Å². The Labute approximate surface area is 197 Å². The summed E-state index contributed by atoms with van der Waals surface area (Å²) in [5.74, 6) is -0.911. The van der Waals surface area contributed by atoms with Crippen LogP contribution in [0, 0.1) is 5.92 Å². The van der Waals surface area contributed by atoms with Crippen molar-refractivity contribution in [3.63, 3.8) is 0 Å². The van der Waals surface area contributed by atoms with E-state index in [9.17, 15) is 9.59 Å². The van der Waals surface area contributed by atoms with Crippen LogP contribution in [-0.2, 0) is 4.79 Å². The van der Waals surface area contributed by atoms with Gasteiger partial charge < -0.3 is 15.2 Å². The predicted octanol–water partition coefficient (Wildman–Crippen LogP) is 5.17. The third kappa shape index (κ3) is 7.29. The highest BCUT2D eigenvalue weighted by Crippen LogP contribution is 2.28. The summed E-state index contributed by atoms with van der Waals surface area (Å²) in [4.78, 5) is 31.5. The first kappa shape index (κ1) is 24.2. The van der Waals surface area contributed by atoms with Gasteiger partial charge in [-0.05, 0) is 47.7 Å². The minimum Gasteiger partial charge on any atom is -0.481 e. The van der Waals surface area contributed by atoms with Gasteiger partial charge in [-0.15, -0.1) is 0 Å². The first-order valence-corrected chi connectivity index (χ1v) is 11.0. The number of aliphatic carboxylic acids is 1. The van der Waals surface area contributed by atoms with E-state index in [4.69, 9.17) is 21.4 Å². The quantitative estimate of drug-likeness (QED) is 0.426. The van der Waals surface area contributed by atoms with E-state index in [0.29, 0.717) is 16.5 Å². The Morgan fingerprint density at radius 1 is 1.06 bits per heavy atom. The van der Waals surface area contributed by atoms with Crippen LogP contribution in [0.1, 0.15) is 48.7 Å². The number of benzene rings is 2. The Morgan fingerprint density at radius 2 is 1.76 bits per heavy atom. The molecule has 8 heteroatoms. The summed E-state index contributed by atoms with van der Waals surface area (Å²) in [6.07, 6.45) is 3.73. The summed E-state index contributed by atoms with van der Waals surface area (Å²) in [5, 5.41) is 11.9. The summed E-state index contributed by atoms with van der Waals surface area (Å²) in [6, 6.07) is 14.8. The van der Waals surface area contributed by atoms with Gasteiger partial charge in [0.1, 0.15) is 6.10 Å². The second-order valence-electron chi connectivity index (χ2n) is 8.02. The number of carboxylic acid groups (broad SMARTS) is 1. The van der Waals surface area contributed by atoms with Crippen LogP contribution in [0.2, 0.25) is 5.02 Å². The fourth-order valence-corrected chi connectivity index (χ4v) is 3.43. The molecule has 0 spiro atoms. The Balaban J connectivity index is 1.70. The van der Waals surface area contributed by atoms with Gasteiger partial charge in [-0.3, -0.25) is 9.59 Å². The lowest BCUT2D eigenvalue weighted by atomic mass is 9.98.